The lowest BCUT2D eigenvalue weighted by Crippen LogP contribution is -2.28. The molecule has 0 unspecified atom stereocenters. The molecule has 0 aliphatic rings. The fraction of sp³-hybridized carbons (Fsp3) is 0.188. The summed E-state index contributed by atoms with van der Waals surface area (Å²) in [7, 11) is 0. The molecule has 8 heteroatoms. The molecule has 0 aliphatic heterocycles. The summed E-state index contributed by atoms with van der Waals surface area (Å²) >= 11 is 3.26. The SMILES string of the molecule is CC/C(=N/NC(=O)c1cc(Br)c[nH]1)c1ccc(OCC(=O)[O-])cc1. The summed E-state index contributed by atoms with van der Waals surface area (Å²) < 4.78 is 5.79. The van der Waals surface area contributed by atoms with Crippen molar-refractivity contribution in [1.29, 1.82) is 0 Å². The van der Waals surface area contributed by atoms with Gasteiger partial charge in [0.15, 0.2) is 0 Å². The summed E-state index contributed by atoms with van der Waals surface area (Å²) in [6.07, 6.45) is 2.26. The van der Waals surface area contributed by atoms with E-state index in [1.807, 2.05) is 6.92 Å². The number of ether oxygens (including phenoxy) is 1. The van der Waals surface area contributed by atoms with Crippen LogP contribution in [0.15, 0.2) is 46.1 Å². The fourth-order valence-electron chi connectivity index (χ4n) is 1.91. The molecule has 1 amide bonds. The smallest absolute Gasteiger partial charge is 0.287 e. The van der Waals surface area contributed by atoms with Gasteiger partial charge in [0.1, 0.15) is 18.1 Å². The number of hydrazone groups is 1. The minimum absolute atomic E-state index is 0.347. The normalized spacial score (nSPS) is 11.2. The lowest BCUT2D eigenvalue weighted by atomic mass is 10.1. The third kappa shape index (κ3) is 4.95. The van der Waals surface area contributed by atoms with Crippen molar-refractivity contribution >= 4 is 33.5 Å². The summed E-state index contributed by atoms with van der Waals surface area (Å²) in [5.41, 5.74) is 4.37. The van der Waals surface area contributed by atoms with E-state index in [2.05, 4.69) is 31.4 Å². The van der Waals surface area contributed by atoms with Gasteiger partial charge < -0.3 is 19.6 Å². The number of H-pyrrole nitrogens is 1. The van der Waals surface area contributed by atoms with Gasteiger partial charge in [0.2, 0.25) is 0 Å². The first-order valence-corrected chi connectivity index (χ1v) is 7.92. The van der Waals surface area contributed by atoms with E-state index in [0.29, 0.717) is 23.6 Å². The topological polar surface area (TPSA) is 107 Å². The molecule has 0 radical (unpaired) electrons. The highest BCUT2D eigenvalue weighted by molar-refractivity contribution is 9.10. The van der Waals surface area contributed by atoms with Crippen LogP contribution in [0.4, 0.5) is 0 Å². The molecule has 0 fully saturated rings. The second-order valence-electron chi connectivity index (χ2n) is 4.77. The van der Waals surface area contributed by atoms with Gasteiger partial charge in [0, 0.05) is 10.7 Å². The van der Waals surface area contributed by atoms with E-state index >= 15 is 0 Å². The molecule has 2 aromatic rings. The molecular weight excluding hydrogens is 378 g/mol. The molecule has 24 heavy (non-hydrogen) atoms. The number of aromatic amines is 1. The second kappa shape index (κ2) is 8.30. The number of amides is 1. The molecule has 0 saturated carbocycles. The Balaban J connectivity index is 2.04. The Hall–Kier alpha value is -2.61. The molecule has 0 bridgehead atoms. The summed E-state index contributed by atoms with van der Waals surface area (Å²) in [5.74, 6) is -1.22. The zero-order valence-electron chi connectivity index (χ0n) is 12.8. The van der Waals surface area contributed by atoms with Crippen LogP contribution in [0.2, 0.25) is 0 Å². The van der Waals surface area contributed by atoms with Gasteiger partial charge in [-0.05, 0) is 58.2 Å². The van der Waals surface area contributed by atoms with E-state index in [-0.39, 0.29) is 5.91 Å². The number of carbonyl (C=O) groups excluding carboxylic acids is 2. The predicted octanol–water partition coefficient (Wildman–Crippen LogP) is 1.45. The third-order valence-electron chi connectivity index (χ3n) is 3.06. The lowest BCUT2D eigenvalue weighted by Gasteiger charge is -2.08. The van der Waals surface area contributed by atoms with Gasteiger partial charge in [-0.3, -0.25) is 4.79 Å². The highest BCUT2D eigenvalue weighted by Crippen LogP contribution is 2.14. The number of halogens is 1. The number of rotatable bonds is 7. The van der Waals surface area contributed by atoms with E-state index in [1.54, 1.807) is 36.5 Å². The van der Waals surface area contributed by atoms with Gasteiger partial charge in [-0.1, -0.05) is 6.92 Å². The first kappa shape index (κ1) is 17.7. The number of carbonyl (C=O) groups is 2. The maximum Gasteiger partial charge on any atom is 0.287 e. The molecule has 0 atom stereocenters. The van der Waals surface area contributed by atoms with Crippen LogP contribution in [0.3, 0.4) is 0 Å². The molecule has 2 rings (SSSR count). The summed E-state index contributed by atoms with van der Waals surface area (Å²) in [6, 6.07) is 8.40. The quantitative estimate of drug-likeness (QED) is 0.549. The Kier molecular flexibility index (Phi) is 6.14. The van der Waals surface area contributed by atoms with Crippen LogP contribution in [-0.2, 0) is 4.79 Å². The number of carboxylic acids is 1. The van der Waals surface area contributed by atoms with Crippen molar-refractivity contribution in [3.05, 3.63) is 52.3 Å². The molecule has 126 valence electrons. The number of benzene rings is 1. The van der Waals surface area contributed by atoms with E-state index in [0.717, 1.165) is 10.0 Å². The van der Waals surface area contributed by atoms with Crippen molar-refractivity contribution in [3.8, 4) is 5.75 Å². The molecule has 1 aromatic heterocycles. The summed E-state index contributed by atoms with van der Waals surface area (Å²) in [5, 5.41) is 14.5. The molecule has 0 spiro atoms. The molecule has 0 aliphatic carbocycles. The van der Waals surface area contributed by atoms with Gasteiger partial charge in [-0.15, -0.1) is 0 Å². The molecular formula is C16H15BrN3O4-. The Bertz CT molecular complexity index is 753. The highest BCUT2D eigenvalue weighted by atomic mass is 79.9. The second-order valence-corrected chi connectivity index (χ2v) is 5.69. The average Bonchev–Trinajstić information content (AvgIpc) is 3.01. The Morgan fingerprint density at radius 1 is 1.33 bits per heavy atom. The van der Waals surface area contributed by atoms with Crippen LogP contribution in [0.1, 0.15) is 29.4 Å². The monoisotopic (exact) mass is 392 g/mol. The molecule has 0 saturated heterocycles. The van der Waals surface area contributed by atoms with Crippen LogP contribution in [0.25, 0.3) is 0 Å². The van der Waals surface area contributed by atoms with Gasteiger partial charge >= 0.3 is 0 Å². The average molecular weight is 393 g/mol. The van der Waals surface area contributed by atoms with Crippen molar-refractivity contribution < 1.29 is 19.4 Å². The Labute approximate surface area is 146 Å². The van der Waals surface area contributed by atoms with Gasteiger partial charge in [0.05, 0.1) is 11.7 Å². The van der Waals surface area contributed by atoms with Gasteiger partial charge in [-0.2, -0.15) is 5.10 Å². The van der Waals surface area contributed by atoms with Crippen LogP contribution in [0.5, 0.6) is 5.75 Å². The first-order chi connectivity index (χ1) is 11.5. The maximum atomic E-state index is 12.0. The minimum Gasteiger partial charge on any atom is -0.546 e. The van der Waals surface area contributed by atoms with E-state index in [9.17, 15) is 14.7 Å². The number of hydrogen-bond donors (Lipinski definition) is 2. The lowest BCUT2D eigenvalue weighted by molar-refractivity contribution is -0.307. The van der Waals surface area contributed by atoms with Crippen molar-refractivity contribution in [3.63, 3.8) is 0 Å². The largest absolute Gasteiger partial charge is 0.546 e. The van der Waals surface area contributed by atoms with E-state index in [4.69, 9.17) is 4.74 Å². The van der Waals surface area contributed by atoms with Crippen LogP contribution in [-0.4, -0.2) is 29.2 Å². The summed E-state index contributed by atoms with van der Waals surface area (Å²) in [4.78, 5) is 25.1. The molecule has 7 nitrogen and oxygen atoms in total. The number of nitrogens with zero attached hydrogens (tertiary/aromatic N) is 1. The Morgan fingerprint density at radius 2 is 2.04 bits per heavy atom. The van der Waals surface area contributed by atoms with Crippen LogP contribution < -0.4 is 15.3 Å². The third-order valence-corrected chi connectivity index (χ3v) is 3.52. The highest BCUT2D eigenvalue weighted by Gasteiger charge is 2.08. The fourth-order valence-corrected chi connectivity index (χ4v) is 2.25. The van der Waals surface area contributed by atoms with E-state index in [1.165, 1.54) is 0 Å². The van der Waals surface area contributed by atoms with Crippen molar-refractivity contribution in [1.82, 2.24) is 10.4 Å². The van der Waals surface area contributed by atoms with Gasteiger partial charge in [-0.25, -0.2) is 5.43 Å². The van der Waals surface area contributed by atoms with Crippen LogP contribution in [0, 0.1) is 0 Å². The number of aromatic nitrogens is 1. The number of aliphatic carboxylic acids is 1. The minimum atomic E-state index is -1.28. The summed E-state index contributed by atoms with van der Waals surface area (Å²) in [6.45, 7) is 1.41. The molecule has 1 heterocycles. The standard InChI is InChI=1S/C16H16BrN3O4/c1-2-13(19-20-16(23)14-7-11(17)8-18-14)10-3-5-12(6-4-10)24-9-15(21)22/h3-8,18H,2,9H2,1H3,(H,20,23)(H,21,22)/p-1/b19-13-. The molecule has 1 aromatic carbocycles. The first-order valence-electron chi connectivity index (χ1n) is 7.13. The van der Waals surface area contributed by atoms with Crippen LogP contribution >= 0.6 is 15.9 Å². The van der Waals surface area contributed by atoms with E-state index < -0.39 is 12.6 Å². The zero-order chi connectivity index (χ0) is 17.5. The molecule has 2 N–H and O–H groups in total. The van der Waals surface area contributed by atoms with Gasteiger partial charge in [0.25, 0.3) is 5.91 Å². The predicted molar refractivity (Wildman–Crippen MR) is 89.7 cm³/mol. The van der Waals surface area contributed by atoms with Crippen molar-refractivity contribution in [2.24, 2.45) is 5.10 Å². The number of hydrogen-bond acceptors (Lipinski definition) is 5. The van der Waals surface area contributed by atoms with Crippen molar-refractivity contribution in [2.75, 3.05) is 6.61 Å². The zero-order valence-corrected chi connectivity index (χ0v) is 14.4. The maximum absolute atomic E-state index is 12.0. The number of nitrogens with one attached hydrogen (secondary N) is 2. The van der Waals surface area contributed by atoms with Crippen molar-refractivity contribution in [2.45, 2.75) is 13.3 Å². The Morgan fingerprint density at radius 3 is 2.58 bits per heavy atom. The number of carboxylic acid groups (broad SMARTS) is 1.